The van der Waals surface area contributed by atoms with Crippen LogP contribution in [0.25, 0.3) is 0 Å². The summed E-state index contributed by atoms with van der Waals surface area (Å²) in [5.41, 5.74) is 0. The van der Waals surface area contributed by atoms with Crippen LogP contribution in [0.4, 0.5) is 0 Å². The highest BCUT2D eigenvalue weighted by molar-refractivity contribution is 5.90. The zero-order valence-corrected chi connectivity index (χ0v) is 7.39. The van der Waals surface area contributed by atoms with Crippen molar-refractivity contribution >= 4 is 5.78 Å². The second kappa shape index (κ2) is 5.95. The van der Waals surface area contributed by atoms with E-state index in [9.17, 15) is 4.79 Å². The minimum atomic E-state index is 0.124. The highest BCUT2D eigenvalue weighted by Crippen LogP contribution is 1.92. The molecule has 0 aromatic heterocycles. The molecule has 0 N–H and O–H groups in total. The number of rotatable bonds is 0. The SMILES string of the molecule is O=C1\C=C/C=C\C=C/C=C\C=C/C1. The van der Waals surface area contributed by atoms with Crippen LogP contribution in [0.5, 0.6) is 0 Å². The average molecular weight is 172 g/mol. The van der Waals surface area contributed by atoms with Crippen molar-refractivity contribution in [2.24, 2.45) is 0 Å². The van der Waals surface area contributed by atoms with Crippen molar-refractivity contribution in [3.05, 3.63) is 60.8 Å². The predicted octanol–water partition coefficient (Wildman–Crippen LogP) is 2.74. The van der Waals surface area contributed by atoms with Crippen LogP contribution in [-0.4, -0.2) is 5.78 Å². The van der Waals surface area contributed by atoms with Gasteiger partial charge >= 0.3 is 0 Å². The van der Waals surface area contributed by atoms with Crippen molar-refractivity contribution in [1.82, 2.24) is 0 Å². The Morgan fingerprint density at radius 3 is 2.00 bits per heavy atom. The van der Waals surface area contributed by atoms with Crippen LogP contribution < -0.4 is 0 Å². The fourth-order valence-corrected chi connectivity index (χ4v) is 0.879. The summed E-state index contributed by atoms with van der Waals surface area (Å²) in [6, 6.07) is 0. The number of carbonyl (C=O) groups excluding carboxylic acids is 1. The third kappa shape index (κ3) is 4.75. The van der Waals surface area contributed by atoms with E-state index in [0.29, 0.717) is 6.42 Å². The molecule has 0 spiro atoms. The topological polar surface area (TPSA) is 17.1 Å². The Labute approximate surface area is 78.5 Å². The lowest BCUT2D eigenvalue weighted by Gasteiger charge is -1.85. The first-order valence-electron chi connectivity index (χ1n) is 4.25. The molecule has 13 heavy (non-hydrogen) atoms. The van der Waals surface area contributed by atoms with Gasteiger partial charge < -0.3 is 0 Å². The van der Waals surface area contributed by atoms with Crippen molar-refractivity contribution in [3.8, 4) is 0 Å². The van der Waals surface area contributed by atoms with E-state index in [0.717, 1.165) is 0 Å². The van der Waals surface area contributed by atoms with Gasteiger partial charge in [-0.15, -0.1) is 0 Å². The summed E-state index contributed by atoms with van der Waals surface area (Å²) in [5, 5.41) is 0. The molecular formula is C12H12O. The van der Waals surface area contributed by atoms with Crippen LogP contribution in [0.2, 0.25) is 0 Å². The van der Waals surface area contributed by atoms with Gasteiger partial charge in [-0.2, -0.15) is 0 Å². The van der Waals surface area contributed by atoms with Gasteiger partial charge in [-0.3, -0.25) is 4.79 Å². The van der Waals surface area contributed by atoms with E-state index in [2.05, 4.69) is 0 Å². The van der Waals surface area contributed by atoms with Crippen molar-refractivity contribution in [2.45, 2.75) is 6.42 Å². The minimum Gasteiger partial charge on any atom is -0.295 e. The van der Waals surface area contributed by atoms with E-state index < -0.39 is 0 Å². The van der Waals surface area contributed by atoms with E-state index in [1.807, 2.05) is 48.6 Å². The summed E-state index contributed by atoms with van der Waals surface area (Å²) < 4.78 is 0. The molecule has 66 valence electrons. The number of carbonyl (C=O) groups is 1. The molecule has 0 heterocycles. The molecule has 0 aromatic carbocycles. The summed E-state index contributed by atoms with van der Waals surface area (Å²) in [5.74, 6) is 0.124. The van der Waals surface area contributed by atoms with Crippen molar-refractivity contribution in [1.29, 1.82) is 0 Å². The second-order valence-electron chi connectivity index (χ2n) is 2.61. The molecule has 1 rings (SSSR count). The highest BCUT2D eigenvalue weighted by atomic mass is 16.1. The third-order valence-electron chi connectivity index (χ3n) is 1.52. The first-order valence-corrected chi connectivity index (χ1v) is 4.25. The van der Waals surface area contributed by atoms with E-state index in [1.54, 1.807) is 12.2 Å². The van der Waals surface area contributed by atoms with E-state index in [4.69, 9.17) is 0 Å². The lowest BCUT2D eigenvalue weighted by atomic mass is 10.2. The molecule has 0 bridgehead atoms. The van der Waals surface area contributed by atoms with Gasteiger partial charge in [-0.05, 0) is 6.08 Å². The standard InChI is InChI=1S/C12H12O/c13-12-10-8-6-4-2-1-3-5-7-9-11-12/h1-10H,11H2/b2-1-,5-3-,6-4-,9-7-,10-8-. The van der Waals surface area contributed by atoms with Gasteiger partial charge in [0.1, 0.15) is 0 Å². The number of hydrogen-bond acceptors (Lipinski definition) is 1. The largest absolute Gasteiger partial charge is 0.295 e. The van der Waals surface area contributed by atoms with E-state index >= 15 is 0 Å². The molecule has 1 aliphatic rings. The zero-order valence-electron chi connectivity index (χ0n) is 7.39. The fraction of sp³-hybridized carbons (Fsp3) is 0.0833. The van der Waals surface area contributed by atoms with Crippen LogP contribution in [0.15, 0.2) is 60.8 Å². The van der Waals surface area contributed by atoms with Gasteiger partial charge in [0.25, 0.3) is 0 Å². The summed E-state index contributed by atoms with van der Waals surface area (Å²) >= 11 is 0. The summed E-state index contributed by atoms with van der Waals surface area (Å²) in [6.07, 6.45) is 19.0. The van der Waals surface area contributed by atoms with Gasteiger partial charge in [0.2, 0.25) is 0 Å². The van der Waals surface area contributed by atoms with Crippen LogP contribution in [-0.2, 0) is 4.79 Å². The maximum Gasteiger partial charge on any atom is 0.159 e. The first-order chi connectivity index (χ1) is 6.39. The van der Waals surface area contributed by atoms with Gasteiger partial charge in [0.15, 0.2) is 5.78 Å². The van der Waals surface area contributed by atoms with Crippen molar-refractivity contribution in [3.63, 3.8) is 0 Å². The normalized spacial score (nSPS) is 29.4. The third-order valence-corrected chi connectivity index (χ3v) is 1.52. The molecule has 0 atom stereocenters. The lowest BCUT2D eigenvalue weighted by molar-refractivity contribution is -0.113. The molecular weight excluding hydrogens is 160 g/mol. The molecule has 0 amide bonds. The molecule has 0 radical (unpaired) electrons. The molecule has 0 aromatic rings. The molecule has 0 aliphatic heterocycles. The van der Waals surface area contributed by atoms with Crippen molar-refractivity contribution < 1.29 is 4.79 Å². The van der Waals surface area contributed by atoms with Crippen LogP contribution in [0.1, 0.15) is 6.42 Å². The fourth-order valence-electron chi connectivity index (χ4n) is 0.879. The summed E-state index contributed by atoms with van der Waals surface area (Å²) in [7, 11) is 0. The Morgan fingerprint density at radius 1 is 0.769 bits per heavy atom. The maximum absolute atomic E-state index is 11.1. The predicted molar refractivity (Wildman–Crippen MR) is 55.3 cm³/mol. The summed E-state index contributed by atoms with van der Waals surface area (Å²) in [6.45, 7) is 0. The van der Waals surface area contributed by atoms with Crippen molar-refractivity contribution in [2.75, 3.05) is 0 Å². The maximum atomic E-state index is 11.1. The number of allylic oxidation sites excluding steroid dienone is 10. The molecule has 1 nitrogen and oxygen atoms in total. The minimum absolute atomic E-state index is 0.124. The first kappa shape index (κ1) is 9.46. The van der Waals surface area contributed by atoms with Gasteiger partial charge in [0.05, 0.1) is 0 Å². The quantitative estimate of drug-likeness (QED) is 0.549. The Kier molecular flexibility index (Phi) is 4.33. The second-order valence-corrected chi connectivity index (χ2v) is 2.61. The zero-order chi connectivity index (χ0) is 9.36. The van der Waals surface area contributed by atoms with E-state index in [-0.39, 0.29) is 5.78 Å². The smallest absolute Gasteiger partial charge is 0.159 e. The highest BCUT2D eigenvalue weighted by Gasteiger charge is 1.88. The number of ketones is 1. The Hall–Kier alpha value is -1.63. The summed E-state index contributed by atoms with van der Waals surface area (Å²) in [4.78, 5) is 11.1. The molecule has 0 saturated heterocycles. The average Bonchev–Trinajstić information content (AvgIpc) is 2.11. The Balaban J connectivity index is 2.70. The molecule has 1 heteroatoms. The van der Waals surface area contributed by atoms with Gasteiger partial charge in [-0.1, -0.05) is 54.7 Å². The van der Waals surface area contributed by atoms with Crippen LogP contribution in [0, 0.1) is 0 Å². The Morgan fingerprint density at radius 2 is 1.31 bits per heavy atom. The number of hydrogen-bond donors (Lipinski definition) is 0. The van der Waals surface area contributed by atoms with Gasteiger partial charge in [-0.25, -0.2) is 0 Å². The lowest BCUT2D eigenvalue weighted by Crippen LogP contribution is -1.87. The monoisotopic (exact) mass is 172 g/mol. The van der Waals surface area contributed by atoms with E-state index in [1.165, 1.54) is 0 Å². The molecule has 0 fully saturated rings. The molecule has 1 aliphatic carbocycles. The molecule has 0 unspecified atom stereocenters. The van der Waals surface area contributed by atoms with Crippen LogP contribution >= 0.6 is 0 Å². The van der Waals surface area contributed by atoms with Crippen LogP contribution in [0.3, 0.4) is 0 Å². The molecule has 0 saturated carbocycles. The Bertz CT molecular complexity index is 301. The van der Waals surface area contributed by atoms with Gasteiger partial charge in [0, 0.05) is 6.42 Å².